The number of carbonyl (C=O) groups excluding carboxylic acids is 1. The first-order chi connectivity index (χ1) is 17.8. The van der Waals surface area contributed by atoms with E-state index >= 15 is 0 Å². The molecule has 0 aliphatic rings. The summed E-state index contributed by atoms with van der Waals surface area (Å²) in [7, 11) is 1.48. The number of para-hydroxylation sites is 1. The van der Waals surface area contributed by atoms with Crippen LogP contribution in [-0.4, -0.2) is 28.4 Å². The second kappa shape index (κ2) is 11.4. The second-order valence-corrected chi connectivity index (χ2v) is 9.22. The van der Waals surface area contributed by atoms with Crippen LogP contribution in [0.3, 0.4) is 0 Å². The van der Waals surface area contributed by atoms with Crippen molar-refractivity contribution in [2.24, 2.45) is 5.10 Å². The maximum atomic E-state index is 12.7. The van der Waals surface area contributed by atoms with E-state index in [1.165, 1.54) is 11.7 Å². The van der Waals surface area contributed by atoms with Crippen LogP contribution in [0.4, 0.5) is 0 Å². The lowest BCUT2D eigenvalue weighted by molar-refractivity contribution is -0.121. The number of nitrogens with one attached hydrogen (secondary N) is 1. The van der Waals surface area contributed by atoms with Crippen LogP contribution < -0.4 is 11.0 Å². The highest BCUT2D eigenvalue weighted by Gasteiger charge is 2.15. The van der Waals surface area contributed by atoms with Gasteiger partial charge < -0.3 is 13.9 Å². The van der Waals surface area contributed by atoms with E-state index in [0.717, 1.165) is 22.0 Å². The number of methoxy groups -OCH3 is 1. The zero-order chi connectivity index (χ0) is 26.5. The Morgan fingerprint density at radius 1 is 1.19 bits per heavy atom. The van der Waals surface area contributed by atoms with Crippen molar-refractivity contribution in [3.05, 3.63) is 103 Å². The predicted molar refractivity (Wildman–Crippen MR) is 144 cm³/mol. The summed E-state index contributed by atoms with van der Waals surface area (Å²) < 4.78 is 8.34. The average molecular weight is 536 g/mol. The maximum absolute atomic E-state index is 12.7. The van der Waals surface area contributed by atoms with E-state index in [1.54, 1.807) is 31.3 Å². The predicted octanol–water partition coefficient (Wildman–Crippen LogP) is 4.63. The molecule has 0 fully saturated rings. The quantitative estimate of drug-likeness (QED) is 0.262. The first-order valence-electron chi connectivity index (χ1n) is 11.3. The fourth-order valence-corrected chi connectivity index (χ4v) is 4.58. The van der Waals surface area contributed by atoms with Gasteiger partial charge >= 0.3 is 0 Å². The number of rotatable bonds is 8. The Labute approximate surface area is 223 Å². The molecule has 10 heteroatoms. The van der Waals surface area contributed by atoms with Gasteiger partial charge in [0.15, 0.2) is 0 Å². The van der Waals surface area contributed by atoms with Gasteiger partial charge in [0.05, 0.1) is 12.8 Å². The molecule has 0 aliphatic carbocycles. The number of benzene rings is 2. The smallest absolute Gasteiger partial charge is 0.269 e. The lowest BCUT2D eigenvalue weighted by atomic mass is 10.1. The molecule has 2 aromatic heterocycles. The number of amides is 1. The fourth-order valence-electron chi connectivity index (χ4n) is 4.12. The molecule has 0 saturated heterocycles. The lowest BCUT2D eigenvalue weighted by Gasteiger charge is -2.12. The number of pyridine rings is 1. The van der Waals surface area contributed by atoms with Gasteiger partial charge in [-0.25, -0.2) is 5.43 Å². The van der Waals surface area contributed by atoms with Crippen LogP contribution >= 0.6 is 23.2 Å². The van der Waals surface area contributed by atoms with Gasteiger partial charge in [-0.05, 0) is 36.8 Å². The first-order valence-corrected chi connectivity index (χ1v) is 12.0. The van der Waals surface area contributed by atoms with Crippen molar-refractivity contribution in [3.8, 4) is 6.07 Å². The number of nitriles is 1. The maximum Gasteiger partial charge on any atom is 0.269 e. The van der Waals surface area contributed by atoms with Gasteiger partial charge in [-0.1, -0.05) is 47.5 Å². The summed E-state index contributed by atoms with van der Waals surface area (Å²) >= 11 is 12.4. The van der Waals surface area contributed by atoms with E-state index in [-0.39, 0.29) is 18.7 Å². The minimum atomic E-state index is -0.544. The summed E-state index contributed by atoms with van der Waals surface area (Å²) in [5, 5.41) is 15.6. The third-order valence-electron chi connectivity index (χ3n) is 5.87. The van der Waals surface area contributed by atoms with Crippen molar-refractivity contribution in [2.75, 3.05) is 7.11 Å². The number of carbonyl (C=O) groups is 1. The van der Waals surface area contributed by atoms with Gasteiger partial charge in [-0.2, -0.15) is 10.4 Å². The molecular formula is C27H23Cl2N5O3. The molecule has 4 rings (SSSR count). The van der Waals surface area contributed by atoms with Crippen molar-refractivity contribution in [2.45, 2.75) is 26.6 Å². The molecule has 0 atom stereocenters. The molecule has 0 bridgehead atoms. The summed E-state index contributed by atoms with van der Waals surface area (Å²) in [4.78, 5) is 25.3. The Balaban J connectivity index is 1.53. The Kier molecular flexibility index (Phi) is 8.09. The number of nitrogens with zero attached hydrogens (tertiary/aromatic N) is 4. The molecule has 2 aromatic carbocycles. The largest absolute Gasteiger partial charge is 0.380 e. The minimum absolute atomic E-state index is 0.0441. The van der Waals surface area contributed by atoms with Gasteiger partial charge in [0.2, 0.25) is 0 Å². The van der Waals surface area contributed by atoms with Crippen molar-refractivity contribution in [1.82, 2.24) is 14.6 Å². The topological polar surface area (TPSA) is 101 Å². The monoisotopic (exact) mass is 535 g/mol. The van der Waals surface area contributed by atoms with E-state index in [1.807, 2.05) is 47.2 Å². The molecule has 0 radical (unpaired) electrons. The lowest BCUT2D eigenvalue weighted by Crippen LogP contribution is -2.33. The molecule has 1 N–H and O–H groups in total. The SMILES string of the molecule is COCc1cc(C)n(CC(=O)N/N=C\c2cn(Cc3ccc(Cl)cc3Cl)c3ccccc23)c(=O)c1C#N. The second-order valence-electron chi connectivity index (χ2n) is 8.38. The molecule has 0 aliphatic heterocycles. The fraction of sp³-hybridized carbons (Fsp3) is 0.185. The van der Waals surface area contributed by atoms with Crippen molar-refractivity contribution in [1.29, 1.82) is 5.26 Å². The highest BCUT2D eigenvalue weighted by Crippen LogP contribution is 2.25. The van der Waals surface area contributed by atoms with E-state index in [4.69, 9.17) is 27.9 Å². The Bertz CT molecular complexity index is 1620. The molecule has 4 aromatic rings. The van der Waals surface area contributed by atoms with Crippen molar-refractivity contribution in [3.63, 3.8) is 0 Å². The number of fused-ring (bicyclic) bond motifs is 1. The van der Waals surface area contributed by atoms with E-state index in [9.17, 15) is 14.9 Å². The minimum Gasteiger partial charge on any atom is -0.380 e. The number of halogens is 2. The van der Waals surface area contributed by atoms with Gasteiger partial charge in [-0.3, -0.25) is 9.59 Å². The van der Waals surface area contributed by atoms with Crippen molar-refractivity contribution < 1.29 is 9.53 Å². The Hall–Kier alpha value is -3.90. The van der Waals surface area contributed by atoms with Gasteiger partial charge in [0.25, 0.3) is 11.5 Å². The summed E-state index contributed by atoms with van der Waals surface area (Å²) in [6, 6.07) is 16.8. The number of hydrogen-bond donors (Lipinski definition) is 1. The average Bonchev–Trinajstić information content (AvgIpc) is 3.21. The number of hydrazone groups is 1. The first kappa shape index (κ1) is 26.2. The molecule has 0 saturated carbocycles. The molecule has 37 heavy (non-hydrogen) atoms. The molecule has 8 nitrogen and oxygen atoms in total. The molecule has 2 heterocycles. The number of aromatic nitrogens is 2. The Morgan fingerprint density at radius 3 is 2.70 bits per heavy atom. The molecule has 0 spiro atoms. The third-order valence-corrected chi connectivity index (χ3v) is 6.46. The molecular weight excluding hydrogens is 513 g/mol. The van der Waals surface area contributed by atoms with Gasteiger partial charge in [0, 0.05) is 57.6 Å². The Morgan fingerprint density at radius 2 is 1.97 bits per heavy atom. The highest BCUT2D eigenvalue weighted by molar-refractivity contribution is 6.35. The number of aryl methyl sites for hydroxylation is 1. The molecule has 188 valence electrons. The van der Waals surface area contributed by atoms with Crippen LogP contribution in [0.15, 0.2) is 64.6 Å². The van der Waals surface area contributed by atoms with E-state index < -0.39 is 11.5 Å². The zero-order valence-corrected chi connectivity index (χ0v) is 21.7. The van der Waals surface area contributed by atoms with Crippen LogP contribution in [0.5, 0.6) is 0 Å². The summed E-state index contributed by atoms with van der Waals surface area (Å²) in [5.41, 5.74) is 5.59. The number of ether oxygens (including phenoxy) is 1. The number of hydrogen-bond acceptors (Lipinski definition) is 5. The molecule has 1 amide bonds. The zero-order valence-electron chi connectivity index (χ0n) is 20.2. The van der Waals surface area contributed by atoms with Gasteiger partial charge in [-0.15, -0.1) is 0 Å². The van der Waals surface area contributed by atoms with Crippen LogP contribution in [-0.2, 0) is 29.2 Å². The van der Waals surface area contributed by atoms with Crippen molar-refractivity contribution >= 4 is 46.2 Å². The van der Waals surface area contributed by atoms with Gasteiger partial charge in [0.1, 0.15) is 18.2 Å². The van der Waals surface area contributed by atoms with Crippen LogP contribution in [0.25, 0.3) is 10.9 Å². The van der Waals surface area contributed by atoms with E-state index in [0.29, 0.717) is 27.8 Å². The van der Waals surface area contributed by atoms with Crippen LogP contribution in [0.2, 0.25) is 10.0 Å². The summed E-state index contributed by atoms with van der Waals surface area (Å²) in [6.07, 6.45) is 3.48. The summed E-state index contributed by atoms with van der Waals surface area (Å²) in [6.45, 7) is 2.08. The van der Waals surface area contributed by atoms with E-state index in [2.05, 4.69) is 10.5 Å². The summed E-state index contributed by atoms with van der Waals surface area (Å²) in [5.74, 6) is -0.499. The standard InChI is InChI=1S/C27H23Cl2N5O3/c1-17-9-19(16-37-2)23(11-30)27(36)34(17)15-26(35)32-31-12-20-14-33(25-6-4-3-5-22(20)25)13-18-7-8-21(28)10-24(18)29/h3-10,12,14H,13,15-16H2,1-2H3,(H,32,35)/b31-12-. The van der Waals surface area contributed by atoms with Crippen LogP contribution in [0.1, 0.15) is 27.9 Å². The van der Waals surface area contributed by atoms with Crippen LogP contribution in [0, 0.1) is 18.3 Å². The third kappa shape index (κ3) is 5.75. The normalized spacial score (nSPS) is 11.2. The highest BCUT2D eigenvalue weighted by atomic mass is 35.5. The molecule has 0 unspecified atom stereocenters.